The van der Waals surface area contributed by atoms with Crippen LogP contribution in [0.15, 0.2) is 40.4 Å². The van der Waals surface area contributed by atoms with Crippen LogP contribution in [0.2, 0.25) is 0 Å². The molecule has 0 aliphatic heterocycles. The number of hydrogen-bond donors (Lipinski definition) is 0. The van der Waals surface area contributed by atoms with Crippen molar-refractivity contribution in [1.29, 1.82) is 0 Å². The number of nitrogens with zero attached hydrogens (tertiary/aromatic N) is 1. The molecule has 0 radical (unpaired) electrons. The van der Waals surface area contributed by atoms with Crippen LogP contribution in [0.3, 0.4) is 0 Å². The van der Waals surface area contributed by atoms with E-state index in [1.165, 1.54) is 30.4 Å². The van der Waals surface area contributed by atoms with Gasteiger partial charge in [0.1, 0.15) is 0 Å². The molecule has 0 saturated heterocycles. The average molecular weight is 261 g/mol. The third-order valence-corrected chi connectivity index (χ3v) is 3.22. The standard InChI is InChI=1S/C11H15N.C7H16/c1-4-9-7-6-8-11(12-3)10(9)5-2;1-4-5-6-7(2)3/h5-8H,4H2,1-3H3;7H,4-6H2,1-3H3/b10-5-,12-11?;. The maximum absolute atomic E-state index is 4.22. The second-order valence-electron chi connectivity index (χ2n) is 5.25. The van der Waals surface area contributed by atoms with E-state index in [0.29, 0.717) is 0 Å². The van der Waals surface area contributed by atoms with E-state index in [2.05, 4.69) is 63.9 Å². The van der Waals surface area contributed by atoms with E-state index in [4.69, 9.17) is 0 Å². The molecule has 0 amide bonds. The largest absolute Gasteiger partial charge is 0.288 e. The summed E-state index contributed by atoms with van der Waals surface area (Å²) in [4.78, 5) is 4.22. The molecule has 0 atom stereocenters. The van der Waals surface area contributed by atoms with Crippen molar-refractivity contribution >= 4 is 5.71 Å². The van der Waals surface area contributed by atoms with Gasteiger partial charge in [0.15, 0.2) is 0 Å². The van der Waals surface area contributed by atoms with Gasteiger partial charge in [0.05, 0.1) is 5.71 Å². The molecule has 0 N–H and O–H groups in total. The van der Waals surface area contributed by atoms with Crippen LogP contribution < -0.4 is 0 Å². The minimum Gasteiger partial charge on any atom is -0.288 e. The van der Waals surface area contributed by atoms with Crippen LogP contribution in [-0.2, 0) is 0 Å². The van der Waals surface area contributed by atoms with E-state index >= 15 is 0 Å². The SMILES string of the molecule is C/C=C1/C(CC)=CC=CC1=NC.CCCCC(C)C. The number of aliphatic imine (C=N–C) groups is 1. The van der Waals surface area contributed by atoms with Crippen LogP contribution in [0.25, 0.3) is 0 Å². The summed E-state index contributed by atoms with van der Waals surface area (Å²) in [5.41, 5.74) is 3.75. The summed E-state index contributed by atoms with van der Waals surface area (Å²) in [6.45, 7) is 11.0. The van der Waals surface area contributed by atoms with Gasteiger partial charge in [-0.05, 0) is 36.5 Å². The van der Waals surface area contributed by atoms with Crippen LogP contribution in [-0.4, -0.2) is 12.8 Å². The number of hydrogen-bond acceptors (Lipinski definition) is 1. The first-order chi connectivity index (χ1) is 9.10. The number of unbranched alkanes of at least 4 members (excludes halogenated alkanes) is 1. The molecule has 1 aliphatic rings. The monoisotopic (exact) mass is 261 g/mol. The Labute approximate surface area is 120 Å². The van der Waals surface area contributed by atoms with Crippen LogP contribution in [0, 0.1) is 5.92 Å². The van der Waals surface area contributed by atoms with Crippen molar-refractivity contribution in [3.63, 3.8) is 0 Å². The molecule has 19 heavy (non-hydrogen) atoms. The highest BCUT2D eigenvalue weighted by Gasteiger charge is 2.09. The molecule has 0 heterocycles. The Hall–Kier alpha value is -1.11. The number of allylic oxidation sites excluding steroid dienone is 6. The lowest BCUT2D eigenvalue weighted by molar-refractivity contribution is 0.550. The topological polar surface area (TPSA) is 12.4 Å². The minimum absolute atomic E-state index is 0.903. The summed E-state index contributed by atoms with van der Waals surface area (Å²) < 4.78 is 0. The smallest absolute Gasteiger partial charge is 0.0642 e. The van der Waals surface area contributed by atoms with Gasteiger partial charge in [-0.25, -0.2) is 0 Å². The first-order valence-electron chi connectivity index (χ1n) is 7.61. The van der Waals surface area contributed by atoms with Crippen LogP contribution >= 0.6 is 0 Å². The average Bonchev–Trinajstić information content (AvgIpc) is 2.44. The second-order valence-corrected chi connectivity index (χ2v) is 5.25. The molecule has 0 aromatic carbocycles. The summed E-state index contributed by atoms with van der Waals surface area (Å²) in [6.07, 6.45) is 13.6. The quantitative estimate of drug-likeness (QED) is 0.611. The number of rotatable bonds is 4. The van der Waals surface area contributed by atoms with Crippen molar-refractivity contribution in [3.8, 4) is 0 Å². The molecule has 1 heteroatoms. The third kappa shape index (κ3) is 7.15. The zero-order valence-corrected chi connectivity index (χ0v) is 13.7. The zero-order chi connectivity index (χ0) is 14.7. The van der Waals surface area contributed by atoms with Crippen molar-refractivity contribution < 1.29 is 0 Å². The van der Waals surface area contributed by atoms with Gasteiger partial charge in [-0.2, -0.15) is 0 Å². The zero-order valence-electron chi connectivity index (χ0n) is 13.7. The first-order valence-corrected chi connectivity index (χ1v) is 7.61. The summed E-state index contributed by atoms with van der Waals surface area (Å²) >= 11 is 0. The van der Waals surface area contributed by atoms with E-state index in [1.54, 1.807) is 0 Å². The van der Waals surface area contributed by atoms with Crippen molar-refractivity contribution in [3.05, 3.63) is 35.5 Å². The maximum atomic E-state index is 4.22. The first kappa shape index (κ1) is 17.9. The van der Waals surface area contributed by atoms with Gasteiger partial charge in [0.2, 0.25) is 0 Å². The Balaban J connectivity index is 0.000000399. The van der Waals surface area contributed by atoms with Gasteiger partial charge >= 0.3 is 0 Å². The molecule has 0 unspecified atom stereocenters. The summed E-state index contributed by atoms with van der Waals surface area (Å²) in [5, 5.41) is 0. The van der Waals surface area contributed by atoms with E-state index in [9.17, 15) is 0 Å². The molecule has 0 bridgehead atoms. The molecular formula is C18H31N. The highest BCUT2D eigenvalue weighted by atomic mass is 14.7. The summed E-state index contributed by atoms with van der Waals surface area (Å²) in [5.74, 6) is 0.903. The predicted octanol–water partition coefficient (Wildman–Crippen LogP) is 5.74. The molecule has 0 aromatic rings. The lowest BCUT2D eigenvalue weighted by Crippen LogP contribution is -2.05. The molecule has 108 valence electrons. The predicted molar refractivity (Wildman–Crippen MR) is 89.0 cm³/mol. The maximum Gasteiger partial charge on any atom is 0.0642 e. The van der Waals surface area contributed by atoms with Crippen LogP contribution in [0.4, 0.5) is 0 Å². The van der Waals surface area contributed by atoms with Gasteiger partial charge in [0, 0.05) is 7.05 Å². The summed E-state index contributed by atoms with van der Waals surface area (Å²) in [6, 6.07) is 0. The van der Waals surface area contributed by atoms with Gasteiger partial charge < -0.3 is 0 Å². The van der Waals surface area contributed by atoms with Gasteiger partial charge in [0.25, 0.3) is 0 Å². The normalized spacial score (nSPS) is 18.6. The molecule has 1 aliphatic carbocycles. The highest BCUT2D eigenvalue weighted by Crippen LogP contribution is 2.20. The Bertz CT molecular complexity index is 354. The Morgan fingerprint density at radius 3 is 2.32 bits per heavy atom. The fraction of sp³-hybridized carbons (Fsp3) is 0.611. The molecule has 0 spiro atoms. The molecule has 0 saturated carbocycles. The molecule has 1 nitrogen and oxygen atoms in total. The fourth-order valence-corrected chi connectivity index (χ4v) is 2.05. The van der Waals surface area contributed by atoms with Crippen LogP contribution in [0.1, 0.15) is 60.3 Å². The second kappa shape index (κ2) is 10.8. The third-order valence-electron chi connectivity index (χ3n) is 3.22. The minimum atomic E-state index is 0.903. The molecule has 0 fully saturated rings. The van der Waals surface area contributed by atoms with E-state index in [1.807, 2.05) is 7.05 Å². The molecule has 1 rings (SSSR count). The lowest BCUT2D eigenvalue weighted by Gasteiger charge is -2.12. The van der Waals surface area contributed by atoms with Crippen molar-refractivity contribution in [2.75, 3.05) is 7.05 Å². The van der Waals surface area contributed by atoms with E-state index in [0.717, 1.165) is 18.1 Å². The van der Waals surface area contributed by atoms with Crippen molar-refractivity contribution in [2.24, 2.45) is 10.9 Å². The van der Waals surface area contributed by atoms with Gasteiger partial charge in [-0.1, -0.05) is 65.2 Å². The molecular weight excluding hydrogens is 230 g/mol. The molecule has 0 aromatic heterocycles. The highest BCUT2D eigenvalue weighted by molar-refractivity contribution is 6.12. The fourth-order valence-electron chi connectivity index (χ4n) is 2.05. The van der Waals surface area contributed by atoms with Gasteiger partial charge in [-0.15, -0.1) is 0 Å². The lowest BCUT2D eigenvalue weighted by atomic mass is 9.94. The van der Waals surface area contributed by atoms with Crippen molar-refractivity contribution in [2.45, 2.75) is 60.3 Å². The van der Waals surface area contributed by atoms with Crippen LogP contribution in [0.5, 0.6) is 0 Å². The Morgan fingerprint density at radius 1 is 1.26 bits per heavy atom. The Morgan fingerprint density at radius 2 is 1.95 bits per heavy atom. The van der Waals surface area contributed by atoms with Crippen molar-refractivity contribution in [1.82, 2.24) is 0 Å². The summed E-state index contributed by atoms with van der Waals surface area (Å²) in [7, 11) is 1.84. The van der Waals surface area contributed by atoms with E-state index < -0.39 is 0 Å². The van der Waals surface area contributed by atoms with E-state index in [-0.39, 0.29) is 0 Å². The Kier molecular flexibility index (Phi) is 10.1. The van der Waals surface area contributed by atoms with Gasteiger partial charge in [-0.3, -0.25) is 4.99 Å².